The van der Waals surface area contributed by atoms with Crippen molar-refractivity contribution in [2.24, 2.45) is 0 Å². The number of para-hydroxylation sites is 3. The van der Waals surface area contributed by atoms with E-state index in [0.29, 0.717) is 11.1 Å². The normalized spacial score (nSPS) is 12.7. The predicted octanol–water partition coefficient (Wildman–Crippen LogP) is 11.3. The van der Waals surface area contributed by atoms with Gasteiger partial charge in [-0.15, -0.1) is 0 Å². The third-order valence-corrected chi connectivity index (χ3v) is 10.4. The lowest BCUT2D eigenvalue weighted by atomic mass is 9.98. The number of hydrogen-bond donors (Lipinski definition) is 0. The molecule has 0 aliphatic heterocycles. The van der Waals surface area contributed by atoms with Gasteiger partial charge in [0.05, 0.1) is 22.1 Å². The second kappa shape index (κ2) is 10.6. The third kappa shape index (κ3) is 3.96. The highest BCUT2D eigenvalue weighted by molar-refractivity contribution is 6.25. The molecule has 0 radical (unpaired) electrons. The number of pyridine rings is 2. The minimum absolute atomic E-state index is 0.581. The van der Waals surface area contributed by atoms with Gasteiger partial charge >= 0.3 is 0 Å². The number of aromatic nitrogens is 5. The fraction of sp³-hybridized carbons (Fsp3) is 0.0222. The molecule has 6 heteroatoms. The van der Waals surface area contributed by atoms with E-state index in [4.69, 9.17) is 4.98 Å². The second-order valence-corrected chi connectivity index (χ2v) is 13.2. The van der Waals surface area contributed by atoms with Crippen LogP contribution in [0.25, 0.3) is 82.4 Å². The summed E-state index contributed by atoms with van der Waals surface area (Å²) < 4.78 is 23.4. The van der Waals surface area contributed by atoms with Gasteiger partial charge in [-0.1, -0.05) is 84.9 Å². The van der Waals surface area contributed by atoms with Crippen molar-refractivity contribution >= 4 is 71.1 Å². The van der Waals surface area contributed by atoms with Gasteiger partial charge < -0.3 is 4.57 Å². The molecule has 0 saturated heterocycles. The van der Waals surface area contributed by atoms with Crippen LogP contribution in [0.3, 0.4) is 0 Å². The average Bonchev–Trinajstić information content (AvgIpc) is 3.91. The van der Waals surface area contributed by atoms with Crippen molar-refractivity contribution in [1.29, 1.82) is 0 Å². The lowest BCUT2D eigenvalue weighted by Crippen LogP contribution is -2.00. The summed E-state index contributed by atoms with van der Waals surface area (Å²) >= 11 is 0. The summed E-state index contributed by atoms with van der Waals surface area (Å²) in [6.45, 7) is 0. The first kappa shape index (κ1) is 28.1. The highest BCUT2D eigenvalue weighted by Gasteiger charge is 2.22. The minimum atomic E-state index is -1.34. The molecule has 0 aliphatic carbocycles. The van der Waals surface area contributed by atoms with E-state index < -0.39 is 6.17 Å². The first-order valence-electron chi connectivity index (χ1n) is 17.1. The zero-order valence-electron chi connectivity index (χ0n) is 27.3. The van der Waals surface area contributed by atoms with Crippen LogP contribution >= 0.6 is 0 Å². The highest BCUT2D eigenvalue weighted by atomic mass is 19.1. The van der Waals surface area contributed by atoms with Crippen molar-refractivity contribution in [3.63, 3.8) is 0 Å². The summed E-state index contributed by atoms with van der Waals surface area (Å²) in [7, 11) is 0. The van der Waals surface area contributed by atoms with E-state index in [0.717, 1.165) is 71.7 Å². The van der Waals surface area contributed by atoms with Crippen molar-refractivity contribution in [3.05, 3.63) is 175 Å². The van der Waals surface area contributed by atoms with Crippen LogP contribution in [-0.4, -0.2) is 23.5 Å². The van der Waals surface area contributed by atoms with Crippen LogP contribution < -0.4 is 0 Å². The van der Waals surface area contributed by atoms with Crippen molar-refractivity contribution in [1.82, 2.24) is 23.5 Å². The lowest BCUT2D eigenvalue weighted by molar-refractivity contribution is 0.402. The molecule has 0 saturated carbocycles. The Kier molecular flexibility index (Phi) is 5.84. The number of nitrogens with zero attached hydrogens (tertiary/aromatic N) is 5. The van der Waals surface area contributed by atoms with Crippen LogP contribution in [0.1, 0.15) is 17.3 Å². The van der Waals surface area contributed by atoms with Gasteiger partial charge in [-0.05, 0) is 77.2 Å². The number of imidazole rings is 1. The Morgan fingerprint density at radius 1 is 0.451 bits per heavy atom. The Hall–Kier alpha value is -6.79. The van der Waals surface area contributed by atoms with E-state index in [1.54, 1.807) is 6.20 Å². The fourth-order valence-corrected chi connectivity index (χ4v) is 8.25. The third-order valence-electron chi connectivity index (χ3n) is 10.4. The SMILES string of the molecule is FC(c1cccc(-n2c3ccc4c5ccccc5n(-c5ccccc5)c4c3c3cccnc32)c1)c1ccc2c3ccccc3n3ccnc3c2c1. The number of alkyl halides is 1. The van der Waals surface area contributed by atoms with E-state index >= 15 is 4.39 Å². The molecule has 5 heterocycles. The Labute approximate surface area is 291 Å². The first-order valence-corrected chi connectivity index (χ1v) is 17.1. The Morgan fingerprint density at radius 2 is 1.16 bits per heavy atom. The maximum atomic E-state index is 16.8. The Morgan fingerprint density at radius 3 is 2.04 bits per heavy atom. The molecule has 0 fully saturated rings. The number of benzene rings is 6. The average molecular weight is 658 g/mol. The summed E-state index contributed by atoms with van der Waals surface area (Å²) in [5, 5.41) is 7.64. The van der Waals surface area contributed by atoms with Gasteiger partial charge in [0, 0.05) is 62.3 Å². The molecular weight excluding hydrogens is 630 g/mol. The summed E-state index contributed by atoms with van der Waals surface area (Å²) in [6.07, 6.45) is 4.26. The molecule has 0 N–H and O–H groups in total. The van der Waals surface area contributed by atoms with Gasteiger partial charge in [-0.25, -0.2) is 14.4 Å². The van der Waals surface area contributed by atoms with Crippen LogP contribution in [0.4, 0.5) is 4.39 Å². The van der Waals surface area contributed by atoms with Gasteiger partial charge in [-0.2, -0.15) is 0 Å². The van der Waals surface area contributed by atoms with Crippen LogP contribution in [-0.2, 0) is 0 Å². The van der Waals surface area contributed by atoms with E-state index in [1.807, 2.05) is 79.1 Å². The maximum absolute atomic E-state index is 16.8. The molecule has 240 valence electrons. The minimum Gasteiger partial charge on any atom is -0.309 e. The molecule has 1 unspecified atom stereocenters. The molecular formula is C45H28FN5. The summed E-state index contributed by atoms with van der Waals surface area (Å²) in [6, 6.07) is 49.6. The summed E-state index contributed by atoms with van der Waals surface area (Å²) in [4.78, 5) is 9.59. The van der Waals surface area contributed by atoms with Crippen molar-refractivity contribution in [3.8, 4) is 11.4 Å². The molecule has 51 heavy (non-hydrogen) atoms. The lowest BCUT2D eigenvalue weighted by Gasteiger charge is -2.15. The molecule has 0 aliphatic rings. The zero-order chi connectivity index (χ0) is 33.6. The van der Waals surface area contributed by atoms with Gasteiger partial charge in [0.2, 0.25) is 0 Å². The molecule has 0 amide bonds. The summed E-state index contributed by atoms with van der Waals surface area (Å²) in [5.74, 6) is 0. The monoisotopic (exact) mass is 657 g/mol. The largest absolute Gasteiger partial charge is 0.309 e. The number of hydrogen-bond acceptors (Lipinski definition) is 2. The van der Waals surface area contributed by atoms with Gasteiger partial charge in [0.15, 0.2) is 6.17 Å². The molecule has 0 spiro atoms. The van der Waals surface area contributed by atoms with Crippen LogP contribution in [0.2, 0.25) is 0 Å². The van der Waals surface area contributed by atoms with Gasteiger partial charge in [0.1, 0.15) is 11.3 Å². The van der Waals surface area contributed by atoms with Crippen molar-refractivity contribution < 1.29 is 4.39 Å². The summed E-state index contributed by atoms with van der Waals surface area (Å²) in [5.41, 5.74) is 9.15. The van der Waals surface area contributed by atoms with Gasteiger partial charge in [-0.3, -0.25) is 8.97 Å². The Bertz CT molecular complexity index is 3170. The smallest absolute Gasteiger partial charge is 0.150 e. The van der Waals surface area contributed by atoms with Crippen molar-refractivity contribution in [2.75, 3.05) is 0 Å². The van der Waals surface area contributed by atoms with E-state index in [-0.39, 0.29) is 0 Å². The number of halogens is 1. The van der Waals surface area contributed by atoms with Crippen LogP contribution in [0.5, 0.6) is 0 Å². The molecule has 1 atom stereocenters. The van der Waals surface area contributed by atoms with Gasteiger partial charge in [0.25, 0.3) is 0 Å². The predicted molar refractivity (Wildman–Crippen MR) is 206 cm³/mol. The second-order valence-electron chi connectivity index (χ2n) is 13.2. The molecule has 0 bridgehead atoms. The van der Waals surface area contributed by atoms with E-state index in [1.165, 1.54) is 10.8 Å². The van der Waals surface area contributed by atoms with E-state index in [2.05, 4.69) is 97.4 Å². The Balaban J connectivity index is 1.12. The number of fused-ring (bicyclic) bond motifs is 13. The fourth-order valence-electron chi connectivity index (χ4n) is 8.25. The number of rotatable bonds is 4. The first-order chi connectivity index (χ1) is 25.2. The topological polar surface area (TPSA) is 40.0 Å². The zero-order valence-corrected chi connectivity index (χ0v) is 27.3. The quantitative estimate of drug-likeness (QED) is 0.177. The molecule has 6 aromatic carbocycles. The molecule has 11 rings (SSSR count). The van der Waals surface area contributed by atoms with Crippen LogP contribution in [0.15, 0.2) is 164 Å². The molecule has 5 aromatic heterocycles. The maximum Gasteiger partial charge on any atom is 0.150 e. The van der Waals surface area contributed by atoms with Crippen LogP contribution in [0, 0.1) is 0 Å². The van der Waals surface area contributed by atoms with Crippen molar-refractivity contribution in [2.45, 2.75) is 6.17 Å². The van der Waals surface area contributed by atoms with E-state index in [9.17, 15) is 0 Å². The molecule has 11 aromatic rings. The standard InChI is InChI=1S/C45H28FN5/c46-42(29-19-20-32-33-14-4-6-17-38(33)49-25-24-48-44(49)37(32)27-29)28-10-8-13-31(26-28)51-40-22-21-35-34-15-5-7-18-39(34)50(30-11-2-1-3-12-30)43(35)41(40)36-16-9-23-47-45(36)51/h1-27,42H. The molecule has 5 nitrogen and oxygen atoms in total. The highest BCUT2D eigenvalue weighted by Crippen LogP contribution is 2.42.